The fourth-order valence-electron chi connectivity index (χ4n) is 1.81. The van der Waals surface area contributed by atoms with Crippen molar-refractivity contribution in [3.63, 3.8) is 0 Å². The number of nitrogens with zero attached hydrogens (tertiary/aromatic N) is 1. The zero-order valence-corrected chi connectivity index (χ0v) is 14.2. The summed E-state index contributed by atoms with van der Waals surface area (Å²) in [6, 6.07) is 7.09. The smallest absolute Gasteiger partial charge is 0.319 e. The third-order valence-corrected chi connectivity index (χ3v) is 4.37. The number of ether oxygens (including phenoxy) is 1. The van der Waals surface area contributed by atoms with Crippen molar-refractivity contribution in [2.24, 2.45) is 0 Å². The van der Waals surface area contributed by atoms with E-state index in [1.165, 1.54) is 0 Å². The molecule has 2 amide bonds. The molecule has 2 N–H and O–H groups in total. The van der Waals surface area contributed by atoms with E-state index in [1.54, 1.807) is 23.1 Å². The lowest BCUT2D eigenvalue weighted by Crippen LogP contribution is -2.28. The molecule has 5 nitrogen and oxygen atoms in total. The lowest BCUT2D eigenvalue weighted by molar-refractivity contribution is 0.251. The topological polar surface area (TPSA) is 63.2 Å². The van der Waals surface area contributed by atoms with Gasteiger partial charge in [0.15, 0.2) is 0 Å². The van der Waals surface area contributed by atoms with Crippen LogP contribution in [0.1, 0.15) is 17.6 Å². The fraction of sp³-hybridized carbons (Fsp3) is 0.333. The monoisotopic (exact) mass is 337 g/mol. The number of thiazole rings is 1. The van der Waals surface area contributed by atoms with E-state index in [1.807, 2.05) is 42.8 Å². The SMILES string of the molecule is CCOc1ccccc1NC(=O)NCc1csc(CSC)n1. The number of thioether (sulfide) groups is 1. The van der Waals surface area contributed by atoms with Crippen molar-refractivity contribution in [1.29, 1.82) is 0 Å². The number of para-hydroxylation sites is 2. The Morgan fingerprint density at radius 2 is 2.23 bits per heavy atom. The normalized spacial score (nSPS) is 10.3. The standard InChI is InChI=1S/C15H19N3O2S2/c1-3-20-13-7-5-4-6-12(13)18-15(19)16-8-11-9-22-14(17-11)10-21-2/h4-7,9H,3,8,10H2,1-2H3,(H2,16,18,19). The number of carbonyl (C=O) groups excluding carboxylic acids is 1. The van der Waals surface area contributed by atoms with Gasteiger partial charge in [0.05, 0.1) is 24.5 Å². The van der Waals surface area contributed by atoms with E-state index >= 15 is 0 Å². The summed E-state index contributed by atoms with van der Waals surface area (Å²) in [7, 11) is 0. The number of benzene rings is 1. The molecule has 0 bridgehead atoms. The van der Waals surface area contributed by atoms with Gasteiger partial charge >= 0.3 is 6.03 Å². The van der Waals surface area contributed by atoms with Gasteiger partial charge in [0.1, 0.15) is 10.8 Å². The summed E-state index contributed by atoms with van der Waals surface area (Å²) in [6.45, 7) is 2.87. The molecule has 0 fully saturated rings. The largest absolute Gasteiger partial charge is 0.492 e. The van der Waals surface area contributed by atoms with Gasteiger partial charge in [-0.15, -0.1) is 11.3 Å². The van der Waals surface area contributed by atoms with Crippen LogP contribution in [0.5, 0.6) is 5.75 Å². The first-order chi connectivity index (χ1) is 10.7. The molecule has 2 rings (SSSR count). The highest BCUT2D eigenvalue weighted by Crippen LogP contribution is 2.23. The van der Waals surface area contributed by atoms with Gasteiger partial charge in [-0.3, -0.25) is 0 Å². The Hall–Kier alpha value is -1.73. The molecule has 0 saturated carbocycles. The van der Waals surface area contributed by atoms with Crippen LogP contribution in [0.3, 0.4) is 0 Å². The number of hydrogen-bond acceptors (Lipinski definition) is 5. The molecule has 0 aliphatic heterocycles. The van der Waals surface area contributed by atoms with Gasteiger partial charge in [0.2, 0.25) is 0 Å². The van der Waals surface area contributed by atoms with Gasteiger partial charge in [0, 0.05) is 11.1 Å². The van der Waals surface area contributed by atoms with Crippen LogP contribution in [0.15, 0.2) is 29.6 Å². The summed E-state index contributed by atoms with van der Waals surface area (Å²) in [5.74, 6) is 1.56. The molecule has 2 aromatic rings. The molecule has 0 radical (unpaired) electrons. The second-order valence-electron chi connectivity index (χ2n) is 4.40. The van der Waals surface area contributed by atoms with E-state index in [2.05, 4.69) is 15.6 Å². The molecule has 1 aromatic carbocycles. The van der Waals surface area contributed by atoms with E-state index in [4.69, 9.17) is 4.74 Å². The number of hydrogen-bond donors (Lipinski definition) is 2. The van der Waals surface area contributed by atoms with Gasteiger partial charge in [-0.1, -0.05) is 12.1 Å². The Balaban J connectivity index is 1.87. The Bertz CT molecular complexity index is 616. The highest BCUT2D eigenvalue weighted by molar-refractivity contribution is 7.97. The predicted octanol–water partition coefficient (Wildman–Crippen LogP) is 3.73. The number of urea groups is 1. The maximum absolute atomic E-state index is 12.0. The van der Waals surface area contributed by atoms with Crippen molar-refractivity contribution >= 4 is 34.8 Å². The third-order valence-electron chi connectivity index (χ3n) is 2.73. The van der Waals surface area contributed by atoms with Crippen molar-refractivity contribution in [2.45, 2.75) is 19.2 Å². The molecule has 0 saturated heterocycles. The Kier molecular flexibility index (Phi) is 6.54. The van der Waals surface area contributed by atoms with Crippen LogP contribution in [0.4, 0.5) is 10.5 Å². The molecule has 22 heavy (non-hydrogen) atoms. The lowest BCUT2D eigenvalue weighted by Gasteiger charge is -2.11. The lowest BCUT2D eigenvalue weighted by atomic mass is 10.3. The van der Waals surface area contributed by atoms with Crippen LogP contribution in [0.25, 0.3) is 0 Å². The summed E-state index contributed by atoms with van der Waals surface area (Å²) in [5.41, 5.74) is 1.53. The highest BCUT2D eigenvalue weighted by Gasteiger charge is 2.08. The first kappa shape index (κ1) is 16.6. The zero-order chi connectivity index (χ0) is 15.8. The summed E-state index contributed by atoms with van der Waals surface area (Å²) in [6.07, 6.45) is 2.04. The molecule has 0 atom stereocenters. The average molecular weight is 337 g/mol. The number of rotatable bonds is 7. The molecule has 0 aliphatic carbocycles. The second-order valence-corrected chi connectivity index (χ2v) is 6.21. The average Bonchev–Trinajstić information content (AvgIpc) is 2.96. The van der Waals surface area contributed by atoms with Crippen LogP contribution < -0.4 is 15.4 Å². The highest BCUT2D eigenvalue weighted by atomic mass is 32.2. The minimum atomic E-state index is -0.272. The minimum Gasteiger partial charge on any atom is -0.492 e. The summed E-state index contributed by atoms with van der Waals surface area (Å²) >= 11 is 3.35. The molecule has 0 unspecified atom stereocenters. The Morgan fingerprint density at radius 3 is 3.00 bits per heavy atom. The van der Waals surface area contributed by atoms with Crippen molar-refractivity contribution in [2.75, 3.05) is 18.2 Å². The van der Waals surface area contributed by atoms with E-state index in [-0.39, 0.29) is 6.03 Å². The second kappa shape index (κ2) is 8.65. The Morgan fingerprint density at radius 1 is 1.41 bits per heavy atom. The van der Waals surface area contributed by atoms with Gasteiger partial charge in [0.25, 0.3) is 0 Å². The van der Waals surface area contributed by atoms with E-state index in [0.29, 0.717) is 24.6 Å². The molecule has 1 aromatic heterocycles. The maximum Gasteiger partial charge on any atom is 0.319 e. The number of aromatic nitrogens is 1. The first-order valence-electron chi connectivity index (χ1n) is 6.91. The summed E-state index contributed by atoms with van der Waals surface area (Å²) in [4.78, 5) is 16.4. The molecule has 0 spiro atoms. The molecule has 1 heterocycles. The number of anilines is 1. The van der Waals surface area contributed by atoms with Gasteiger partial charge < -0.3 is 15.4 Å². The number of amides is 2. The van der Waals surface area contributed by atoms with Gasteiger partial charge in [-0.25, -0.2) is 9.78 Å². The zero-order valence-electron chi connectivity index (χ0n) is 12.6. The Labute approximate surface area is 138 Å². The predicted molar refractivity (Wildman–Crippen MR) is 92.8 cm³/mol. The quantitative estimate of drug-likeness (QED) is 0.808. The van der Waals surface area contributed by atoms with Crippen molar-refractivity contribution < 1.29 is 9.53 Å². The third kappa shape index (κ3) is 4.92. The van der Waals surface area contributed by atoms with Crippen molar-refractivity contribution in [3.05, 3.63) is 40.3 Å². The first-order valence-corrected chi connectivity index (χ1v) is 9.19. The fourth-order valence-corrected chi connectivity index (χ4v) is 3.32. The van der Waals surface area contributed by atoms with Crippen molar-refractivity contribution in [3.8, 4) is 5.75 Å². The molecule has 7 heteroatoms. The van der Waals surface area contributed by atoms with Crippen LogP contribution in [-0.2, 0) is 12.3 Å². The maximum atomic E-state index is 12.0. The summed E-state index contributed by atoms with van der Waals surface area (Å²) in [5, 5.41) is 8.65. The van der Waals surface area contributed by atoms with Gasteiger partial charge in [-0.2, -0.15) is 11.8 Å². The molecular formula is C15H19N3O2S2. The van der Waals surface area contributed by atoms with E-state index in [9.17, 15) is 4.79 Å². The summed E-state index contributed by atoms with van der Waals surface area (Å²) < 4.78 is 5.48. The number of nitrogens with one attached hydrogen (secondary N) is 2. The van der Waals surface area contributed by atoms with Crippen LogP contribution in [0.2, 0.25) is 0 Å². The minimum absolute atomic E-state index is 0.272. The molecular weight excluding hydrogens is 318 g/mol. The number of carbonyl (C=O) groups is 1. The van der Waals surface area contributed by atoms with E-state index in [0.717, 1.165) is 16.5 Å². The van der Waals surface area contributed by atoms with Gasteiger partial charge in [-0.05, 0) is 25.3 Å². The van der Waals surface area contributed by atoms with Crippen molar-refractivity contribution in [1.82, 2.24) is 10.3 Å². The van der Waals surface area contributed by atoms with Crippen LogP contribution in [-0.4, -0.2) is 23.9 Å². The van der Waals surface area contributed by atoms with E-state index < -0.39 is 0 Å². The molecule has 118 valence electrons. The van der Waals surface area contributed by atoms with Crippen LogP contribution >= 0.6 is 23.1 Å². The molecule has 0 aliphatic rings. The van der Waals surface area contributed by atoms with Crippen LogP contribution in [0, 0.1) is 0 Å².